The van der Waals surface area contributed by atoms with Gasteiger partial charge in [0.1, 0.15) is 11.6 Å². The molecule has 3 fully saturated rings. The molecule has 0 radical (unpaired) electrons. The van der Waals surface area contributed by atoms with E-state index < -0.39 is 11.4 Å². The van der Waals surface area contributed by atoms with Gasteiger partial charge in [-0.1, -0.05) is 13.8 Å². The Morgan fingerprint density at radius 1 is 1.09 bits per heavy atom. The van der Waals surface area contributed by atoms with E-state index in [1.54, 1.807) is 0 Å². The molecule has 0 bridgehead atoms. The van der Waals surface area contributed by atoms with Crippen LogP contribution in [0.1, 0.15) is 65.2 Å². The van der Waals surface area contributed by atoms with Crippen LogP contribution in [0.3, 0.4) is 0 Å². The zero-order chi connectivity index (χ0) is 16.1. The Bertz CT molecular complexity index is 525. The van der Waals surface area contributed by atoms with Crippen molar-refractivity contribution in [1.29, 1.82) is 0 Å². The first-order valence-corrected chi connectivity index (χ1v) is 8.57. The normalized spacial score (nSPS) is 44.5. The van der Waals surface area contributed by atoms with Crippen molar-refractivity contribution in [2.75, 3.05) is 0 Å². The van der Waals surface area contributed by atoms with Crippen molar-refractivity contribution in [1.82, 2.24) is 0 Å². The lowest BCUT2D eigenvalue weighted by molar-refractivity contribution is -0.149. The standard InChI is InChI=1S/C18H26O4/c1-17-9-7-13-11(12(17)4-6-15(17)20)3-5-14(19)18(13,2)10-8-16(21)22/h11-13H,3-10H2,1-2H3,(H,21,22)/t11-,12-,13-,17+,18-/m0/s1. The van der Waals surface area contributed by atoms with Crippen molar-refractivity contribution in [2.24, 2.45) is 28.6 Å². The predicted molar refractivity (Wildman–Crippen MR) is 81.3 cm³/mol. The molecule has 4 nitrogen and oxygen atoms in total. The molecule has 0 heterocycles. The van der Waals surface area contributed by atoms with Crippen LogP contribution >= 0.6 is 0 Å². The van der Waals surface area contributed by atoms with Crippen LogP contribution in [0.15, 0.2) is 0 Å². The van der Waals surface area contributed by atoms with Crippen molar-refractivity contribution in [3.05, 3.63) is 0 Å². The highest BCUT2D eigenvalue weighted by molar-refractivity contribution is 5.88. The lowest BCUT2D eigenvalue weighted by Gasteiger charge is -2.54. The summed E-state index contributed by atoms with van der Waals surface area (Å²) in [4.78, 5) is 35.8. The number of hydrogen-bond donors (Lipinski definition) is 1. The monoisotopic (exact) mass is 306 g/mol. The highest BCUT2D eigenvalue weighted by Gasteiger charge is 2.59. The number of ketones is 2. The van der Waals surface area contributed by atoms with Crippen LogP contribution in [0.2, 0.25) is 0 Å². The van der Waals surface area contributed by atoms with Crippen LogP contribution in [0.5, 0.6) is 0 Å². The zero-order valence-electron chi connectivity index (χ0n) is 13.6. The number of carbonyl (C=O) groups excluding carboxylic acids is 2. The first-order chi connectivity index (χ1) is 10.3. The van der Waals surface area contributed by atoms with Crippen LogP contribution < -0.4 is 0 Å². The minimum atomic E-state index is -0.826. The van der Waals surface area contributed by atoms with Gasteiger partial charge in [-0.25, -0.2) is 0 Å². The van der Waals surface area contributed by atoms with Gasteiger partial charge in [0.25, 0.3) is 0 Å². The van der Waals surface area contributed by atoms with Crippen molar-refractivity contribution < 1.29 is 19.5 Å². The summed E-state index contributed by atoms with van der Waals surface area (Å²) in [6, 6.07) is 0. The zero-order valence-corrected chi connectivity index (χ0v) is 13.6. The van der Waals surface area contributed by atoms with Crippen molar-refractivity contribution in [2.45, 2.75) is 65.2 Å². The third-order valence-corrected chi connectivity index (χ3v) is 7.16. The van der Waals surface area contributed by atoms with Gasteiger partial charge in [-0.05, 0) is 49.9 Å². The van der Waals surface area contributed by atoms with Crippen LogP contribution in [0, 0.1) is 28.6 Å². The fraction of sp³-hybridized carbons (Fsp3) is 0.833. The van der Waals surface area contributed by atoms with E-state index in [4.69, 9.17) is 5.11 Å². The number of carbonyl (C=O) groups is 3. The number of carboxylic acid groups (broad SMARTS) is 1. The summed E-state index contributed by atoms with van der Waals surface area (Å²) >= 11 is 0. The smallest absolute Gasteiger partial charge is 0.303 e. The largest absolute Gasteiger partial charge is 0.481 e. The fourth-order valence-corrected chi connectivity index (χ4v) is 5.73. The third kappa shape index (κ3) is 2.14. The number of carboxylic acids is 1. The second-order valence-corrected chi connectivity index (χ2v) is 8.07. The molecule has 22 heavy (non-hydrogen) atoms. The molecule has 0 spiro atoms. The summed E-state index contributed by atoms with van der Waals surface area (Å²) in [7, 11) is 0. The molecule has 122 valence electrons. The second-order valence-electron chi connectivity index (χ2n) is 8.07. The first-order valence-electron chi connectivity index (χ1n) is 8.57. The molecule has 0 saturated heterocycles. The molecule has 1 N–H and O–H groups in total. The maximum Gasteiger partial charge on any atom is 0.303 e. The molecule has 0 aromatic heterocycles. The fourth-order valence-electron chi connectivity index (χ4n) is 5.73. The molecule has 5 atom stereocenters. The van der Waals surface area contributed by atoms with E-state index in [2.05, 4.69) is 6.92 Å². The van der Waals surface area contributed by atoms with Gasteiger partial charge in [0.2, 0.25) is 0 Å². The van der Waals surface area contributed by atoms with Gasteiger partial charge in [0.15, 0.2) is 0 Å². The molecule has 0 amide bonds. The van der Waals surface area contributed by atoms with Crippen LogP contribution in [-0.4, -0.2) is 22.6 Å². The van der Waals surface area contributed by atoms with E-state index >= 15 is 0 Å². The number of aliphatic carboxylic acids is 1. The Hall–Kier alpha value is -1.19. The van der Waals surface area contributed by atoms with Crippen LogP contribution in [0.4, 0.5) is 0 Å². The molecule has 0 aromatic carbocycles. The van der Waals surface area contributed by atoms with E-state index in [1.165, 1.54) is 0 Å². The van der Waals surface area contributed by atoms with Gasteiger partial charge in [-0.3, -0.25) is 14.4 Å². The summed E-state index contributed by atoms with van der Waals surface area (Å²) in [5.41, 5.74) is -0.691. The highest BCUT2D eigenvalue weighted by Crippen LogP contribution is 2.61. The maximum absolute atomic E-state index is 12.6. The van der Waals surface area contributed by atoms with Gasteiger partial charge in [-0.15, -0.1) is 0 Å². The predicted octanol–water partition coefficient (Wildman–Crippen LogP) is 3.23. The molecule has 3 aliphatic carbocycles. The Kier molecular flexibility index (Phi) is 3.69. The minimum Gasteiger partial charge on any atom is -0.481 e. The molecule has 3 rings (SSSR count). The second kappa shape index (κ2) is 5.17. The van der Waals surface area contributed by atoms with E-state index in [-0.39, 0.29) is 23.5 Å². The Labute approximate surface area is 131 Å². The molecule has 3 aliphatic rings. The average molecular weight is 306 g/mol. The van der Waals surface area contributed by atoms with E-state index in [0.717, 1.165) is 25.7 Å². The average Bonchev–Trinajstić information content (AvgIpc) is 2.77. The van der Waals surface area contributed by atoms with Crippen molar-refractivity contribution in [3.8, 4) is 0 Å². The van der Waals surface area contributed by atoms with Gasteiger partial charge < -0.3 is 5.11 Å². The summed E-state index contributed by atoms with van der Waals surface area (Å²) in [6.07, 6.45) is 5.35. The van der Waals surface area contributed by atoms with E-state index in [0.29, 0.717) is 36.9 Å². The maximum atomic E-state index is 12.6. The Morgan fingerprint density at radius 3 is 2.45 bits per heavy atom. The summed E-state index contributed by atoms with van der Waals surface area (Å²) in [6.45, 7) is 4.10. The van der Waals surface area contributed by atoms with Crippen LogP contribution in [0.25, 0.3) is 0 Å². The summed E-state index contributed by atoms with van der Waals surface area (Å²) in [5.74, 6) is 0.894. The quantitative estimate of drug-likeness (QED) is 0.869. The van der Waals surface area contributed by atoms with Gasteiger partial charge >= 0.3 is 5.97 Å². The van der Waals surface area contributed by atoms with Crippen LogP contribution in [-0.2, 0) is 14.4 Å². The van der Waals surface area contributed by atoms with Gasteiger partial charge in [0, 0.05) is 30.1 Å². The highest BCUT2D eigenvalue weighted by atomic mass is 16.4. The summed E-state index contributed by atoms with van der Waals surface area (Å²) in [5, 5.41) is 9.01. The number of hydrogen-bond acceptors (Lipinski definition) is 3. The topological polar surface area (TPSA) is 71.4 Å². The number of Topliss-reactive ketones (excluding diaryl/α,β-unsaturated/α-hetero) is 2. The first kappa shape index (κ1) is 15.7. The number of fused-ring (bicyclic) bond motifs is 3. The lowest BCUT2D eigenvalue weighted by Crippen LogP contribution is -2.52. The molecular weight excluding hydrogens is 280 g/mol. The van der Waals surface area contributed by atoms with Gasteiger partial charge in [-0.2, -0.15) is 0 Å². The SMILES string of the molecule is C[C@@]12CC[C@H]3[C@@H](CCC(=O)[C@@]3(C)CCC(=O)O)[C@@H]1CCC2=O. The van der Waals surface area contributed by atoms with E-state index in [1.807, 2.05) is 6.92 Å². The summed E-state index contributed by atoms with van der Waals surface area (Å²) < 4.78 is 0. The molecule has 0 aromatic rings. The number of rotatable bonds is 3. The molecule has 0 aliphatic heterocycles. The molecular formula is C18H26O4. The van der Waals surface area contributed by atoms with Gasteiger partial charge in [0.05, 0.1) is 0 Å². The Balaban J connectivity index is 1.88. The molecule has 3 saturated carbocycles. The van der Waals surface area contributed by atoms with E-state index in [9.17, 15) is 14.4 Å². The van der Waals surface area contributed by atoms with Crippen molar-refractivity contribution >= 4 is 17.5 Å². The van der Waals surface area contributed by atoms with Crippen molar-refractivity contribution in [3.63, 3.8) is 0 Å². The Morgan fingerprint density at radius 2 is 1.77 bits per heavy atom. The third-order valence-electron chi connectivity index (χ3n) is 7.16. The molecule has 0 unspecified atom stereocenters. The minimum absolute atomic E-state index is 0.0618. The molecule has 4 heteroatoms. The lowest BCUT2D eigenvalue weighted by atomic mass is 9.49.